The molecule has 94 valence electrons. The molecule has 0 spiro atoms. The molecule has 1 heterocycles. The Bertz CT molecular complexity index is 390. The number of rotatable bonds is 3. The molecule has 0 saturated heterocycles. The van der Waals surface area contributed by atoms with Gasteiger partial charge >= 0.3 is 11.6 Å². The first kappa shape index (κ1) is 12.8. The molecule has 17 heavy (non-hydrogen) atoms. The molecule has 0 fully saturated rings. The summed E-state index contributed by atoms with van der Waals surface area (Å²) in [6, 6.07) is 0. The van der Waals surface area contributed by atoms with Crippen molar-refractivity contribution in [1.82, 2.24) is 5.23 Å². The Hall–Kier alpha value is -2.27. The van der Waals surface area contributed by atoms with Crippen molar-refractivity contribution in [2.45, 2.75) is 12.6 Å². The van der Waals surface area contributed by atoms with Gasteiger partial charge in [-0.1, -0.05) is 0 Å². The van der Waals surface area contributed by atoms with Crippen LogP contribution >= 0.6 is 0 Å². The first-order valence-electron chi connectivity index (χ1n) is 4.09. The fourth-order valence-electron chi connectivity index (χ4n) is 1.08. The highest BCUT2D eigenvalue weighted by Gasteiger charge is 2.65. The number of hydroxylamine groups is 2. The Morgan fingerprint density at radius 1 is 1.53 bits per heavy atom. The van der Waals surface area contributed by atoms with E-state index in [-0.39, 0.29) is 5.23 Å². The van der Waals surface area contributed by atoms with Crippen molar-refractivity contribution in [3.63, 3.8) is 0 Å². The number of hydrogen-bond acceptors (Lipinski definition) is 9. The lowest BCUT2D eigenvalue weighted by atomic mass is 10.1. The average molecular weight is 248 g/mol. The van der Waals surface area contributed by atoms with Crippen LogP contribution in [0.3, 0.4) is 0 Å². The van der Waals surface area contributed by atoms with Gasteiger partial charge in [-0.2, -0.15) is 0 Å². The summed E-state index contributed by atoms with van der Waals surface area (Å²) in [6.07, 6.45) is 0.330. The molecule has 0 saturated carbocycles. The number of esters is 1. The summed E-state index contributed by atoms with van der Waals surface area (Å²) in [6.45, 7) is -0.286. The molecule has 1 rings (SSSR count). The smallest absolute Gasteiger partial charge is 0.541 e. The SMILES string of the molecule is CC(=O)OC1=CN([O-])OCC1([N+](=O)[O-])[N+](=O)[O-]. The maximum Gasteiger partial charge on any atom is 0.541 e. The van der Waals surface area contributed by atoms with Crippen LogP contribution in [-0.4, -0.2) is 33.3 Å². The van der Waals surface area contributed by atoms with E-state index < -0.39 is 33.8 Å². The van der Waals surface area contributed by atoms with Gasteiger partial charge in [0.15, 0.2) is 0 Å². The van der Waals surface area contributed by atoms with Gasteiger partial charge in [0.1, 0.15) is 9.85 Å². The van der Waals surface area contributed by atoms with Crippen molar-refractivity contribution < 1.29 is 24.2 Å². The van der Waals surface area contributed by atoms with E-state index in [1.165, 1.54) is 0 Å². The maximum absolute atomic E-state index is 10.8. The molecule has 0 bridgehead atoms. The first-order chi connectivity index (χ1) is 7.80. The van der Waals surface area contributed by atoms with Gasteiger partial charge < -0.3 is 15.2 Å². The number of carbonyl (C=O) groups excluding carboxylic acids is 1. The molecule has 1 aliphatic heterocycles. The van der Waals surface area contributed by atoms with Gasteiger partial charge in [0.25, 0.3) is 5.76 Å². The van der Waals surface area contributed by atoms with Crippen molar-refractivity contribution >= 4 is 5.97 Å². The van der Waals surface area contributed by atoms with E-state index in [0.717, 1.165) is 6.92 Å². The predicted molar refractivity (Wildman–Crippen MR) is 47.7 cm³/mol. The summed E-state index contributed by atoms with van der Waals surface area (Å²) in [5.41, 5.74) is -2.99. The minimum atomic E-state index is -2.99. The zero-order valence-electron chi connectivity index (χ0n) is 8.39. The lowest BCUT2D eigenvalue weighted by Crippen LogP contribution is -2.55. The van der Waals surface area contributed by atoms with Crippen LogP contribution in [0.5, 0.6) is 0 Å². The van der Waals surface area contributed by atoms with E-state index in [0.29, 0.717) is 6.20 Å². The van der Waals surface area contributed by atoms with Crippen LogP contribution in [0, 0.1) is 25.4 Å². The Balaban J connectivity index is 3.26. The Morgan fingerprint density at radius 2 is 2.06 bits per heavy atom. The van der Waals surface area contributed by atoms with E-state index in [9.17, 15) is 30.2 Å². The molecule has 0 aliphatic carbocycles. The molecule has 11 heteroatoms. The van der Waals surface area contributed by atoms with E-state index in [2.05, 4.69) is 9.57 Å². The third kappa shape index (κ3) is 2.14. The van der Waals surface area contributed by atoms with Crippen LogP contribution in [0.4, 0.5) is 0 Å². The minimum absolute atomic E-state index is 0.260. The molecular formula is C6H6N3O8-. The number of carbonyl (C=O) groups is 1. The summed E-state index contributed by atoms with van der Waals surface area (Å²) < 4.78 is 4.32. The number of nitro groups is 2. The molecule has 0 atom stereocenters. The summed E-state index contributed by atoms with van der Waals surface area (Å²) in [5.74, 6) is -2.03. The molecule has 0 aromatic rings. The van der Waals surface area contributed by atoms with E-state index in [4.69, 9.17) is 0 Å². The fourth-order valence-corrected chi connectivity index (χ4v) is 1.08. The maximum atomic E-state index is 10.8. The zero-order chi connectivity index (χ0) is 13.2. The quantitative estimate of drug-likeness (QED) is 0.275. The van der Waals surface area contributed by atoms with E-state index in [1.807, 2.05) is 0 Å². The molecule has 11 nitrogen and oxygen atoms in total. The topological polar surface area (TPSA) is 148 Å². The predicted octanol–water partition coefficient (Wildman–Crippen LogP) is -0.614. The van der Waals surface area contributed by atoms with Crippen molar-refractivity contribution in [3.05, 3.63) is 37.4 Å². The second-order valence-electron chi connectivity index (χ2n) is 2.98. The summed E-state index contributed by atoms with van der Waals surface area (Å²) in [5, 5.41) is 32.0. The Labute approximate surface area is 93.0 Å². The highest BCUT2D eigenvalue weighted by molar-refractivity contribution is 5.67. The van der Waals surface area contributed by atoms with Crippen LogP contribution in [0.2, 0.25) is 0 Å². The molecule has 0 aromatic heterocycles. The third-order valence-electron chi connectivity index (χ3n) is 1.87. The average Bonchev–Trinajstić information content (AvgIpc) is 2.15. The number of hydrogen-bond donors (Lipinski definition) is 0. The van der Waals surface area contributed by atoms with E-state index >= 15 is 0 Å². The fraction of sp³-hybridized carbons (Fsp3) is 0.500. The van der Waals surface area contributed by atoms with E-state index in [1.54, 1.807) is 0 Å². The third-order valence-corrected chi connectivity index (χ3v) is 1.87. The standard InChI is InChI=1S/C6H6N3O8/c1-4(10)17-5-2-7(11)16-3-6(5,8(12)13)9(14)15/h2H,3H2,1H3/q-1. The highest BCUT2D eigenvalue weighted by Crippen LogP contribution is 2.28. The largest absolute Gasteiger partial charge is 0.734 e. The van der Waals surface area contributed by atoms with Crippen LogP contribution in [0.25, 0.3) is 0 Å². The van der Waals surface area contributed by atoms with Crippen molar-refractivity contribution in [2.24, 2.45) is 0 Å². The van der Waals surface area contributed by atoms with Gasteiger partial charge in [-0.05, 0) is 0 Å². The molecule has 0 aromatic carbocycles. The summed E-state index contributed by atoms with van der Waals surface area (Å²) in [4.78, 5) is 33.7. The van der Waals surface area contributed by atoms with Gasteiger partial charge in [0, 0.05) is 6.92 Å². The van der Waals surface area contributed by atoms with Crippen LogP contribution in [0.1, 0.15) is 6.92 Å². The highest BCUT2D eigenvalue weighted by atomic mass is 16.9. The number of nitrogens with zero attached hydrogens (tertiary/aromatic N) is 3. The van der Waals surface area contributed by atoms with Gasteiger partial charge in [-0.3, -0.25) is 29.9 Å². The second kappa shape index (κ2) is 4.31. The van der Waals surface area contributed by atoms with Crippen LogP contribution < -0.4 is 0 Å². The van der Waals surface area contributed by atoms with Gasteiger partial charge in [0.05, 0.1) is 6.20 Å². The molecular weight excluding hydrogens is 242 g/mol. The Morgan fingerprint density at radius 3 is 2.47 bits per heavy atom. The first-order valence-corrected chi connectivity index (χ1v) is 4.09. The molecule has 0 amide bonds. The Kier molecular flexibility index (Phi) is 3.24. The molecule has 0 radical (unpaired) electrons. The lowest BCUT2D eigenvalue weighted by Gasteiger charge is -2.32. The van der Waals surface area contributed by atoms with Crippen LogP contribution in [-0.2, 0) is 14.4 Å². The molecule has 0 unspecified atom stereocenters. The van der Waals surface area contributed by atoms with Gasteiger partial charge in [-0.15, -0.1) is 0 Å². The molecule has 1 aliphatic rings. The summed E-state index contributed by atoms with van der Waals surface area (Å²) >= 11 is 0. The zero-order valence-corrected chi connectivity index (χ0v) is 8.39. The van der Waals surface area contributed by atoms with Crippen molar-refractivity contribution in [1.29, 1.82) is 0 Å². The minimum Gasteiger partial charge on any atom is -0.734 e. The van der Waals surface area contributed by atoms with Crippen molar-refractivity contribution in [3.8, 4) is 0 Å². The second-order valence-corrected chi connectivity index (χ2v) is 2.98. The van der Waals surface area contributed by atoms with Crippen LogP contribution in [0.15, 0.2) is 12.0 Å². The van der Waals surface area contributed by atoms with Gasteiger partial charge in [0.2, 0.25) is 6.61 Å². The summed E-state index contributed by atoms with van der Waals surface area (Å²) in [7, 11) is 0. The molecule has 0 N–H and O–H groups in total. The normalized spacial score (nSPS) is 18.2. The van der Waals surface area contributed by atoms with Gasteiger partial charge in [-0.25, -0.2) is 0 Å². The van der Waals surface area contributed by atoms with Crippen molar-refractivity contribution in [2.75, 3.05) is 6.61 Å². The monoisotopic (exact) mass is 248 g/mol. The lowest BCUT2D eigenvalue weighted by molar-refractivity contribution is -0.793. The number of ether oxygens (including phenoxy) is 1.